The first-order chi connectivity index (χ1) is 11.8. The van der Waals surface area contributed by atoms with Gasteiger partial charge in [0.05, 0.1) is 18.1 Å². The number of rotatable bonds is 6. The lowest BCUT2D eigenvalue weighted by Crippen LogP contribution is -2.41. The van der Waals surface area contributed by atoms with E-state index in [4.69, 9.17) is 5.26 Å². The largest absolute Gasteiger partial charge is 0.325 e. The Kier molecular flexibility index (Phi) is 5.44. The van der Waals surface area contributed by atoms with Crippen molar-refractivity contribution in [3.63, 3.8) is 0 Å². The van der Waals surface area contributed by atoms with E-state index in [-0.39, 0.29) is 18.9 Å². The van der Waals surface area contributed by atoms with Gasteiger partial charge in [-0.05, 0) is 30.4 Å². The normalized spacial score (nSPS) is 21.0. The van der Waals surface area contributed by atoms with Crippen LogP contribution in [0.15, 0.2) is 24.3 Å². The highest BCUT2D eigenvalue weighted by Crippen LogP contribution is 2.30. The summed E-state index contributed by atoms with van der Waals surface area (Å²) in [7, 11) is 0. The molecule has 1 N–H and O–H groups in total. The third-order valence-corrected chi connectivity index (χ3v) is 4.62. The molecule has 1 aliphatic heterocycles. The second kappa shape index (κ2) is 7.36. The van der Waals surface area contributed by atoms with Crippen LogP contribution in [0, 0.1) is 28.6 Å². The zero-order valence-electron chi connectivity index (χ0n) is 14.7. The fraction of sp³-hybridized carbons (Fsp3) is 0.474. The summed E-state index contributed by atoms with van der Waals surface area (Å²) in [6, 6.07) is 11.2. The fourth-order valence-corrected chi connectivity index (χ4v) is 2.92. The molecule has 25 heavy (non-hydrogen) atoms. The van der Waals surface area contributed by atoms with Crippen molar-refractivity contribution in [2.24, 2.45) is 5.92 Å². The number of hydrogen-bond donors (Lipinski definition) is 1. The van der Waals surface area contributed by atoms with E-state index in [9.17, 15) is 14.9 Å². The van der Waals surface area contributed by atoms with Crippen molar-refractivity contribution in [3.8, 4) is 12.1 Å². The molecule has 0 aliphatic carbocycles. The monoisotopic (exact) mass is 338 g/mol. The van der Waals surface area contributed by atoms with Crippen LogP contribution in [-0.2, 0) is 10.3 Å². The summed E-state index contributed by atoms with van der Waals surface area (Å²) in [5, 5.41) is 20.6. The van der Waals surface area contributed by atoms with E-state index in [0.29, 0.717) is 17.9 Å². The zero-order valence-corrected chi connectivity index (χ0v) is 14.7. The molecule has 1 heterocycles. The first-order valence-corrected chi connectivity index (χ1v) is 8.34. The molecule has 0 radical (unpaired) electrons. The number of benzene rings is 1. The van der Waals surface area contributed by atoms with Crippen molar-refractivity contribution in [1.82, 2.24) is 10.2 Å². The van der Waals surface area contributed by atoms with Crippen LogP contribution in [0.3, 0.4) is 0 Å². The Hall–Kier alpha value is -2.86. The molecule has 0 spiro atoms. The summed E-state index contributed by atoms with van der Waals surface area (Å²) in [4.78, 5) is 26.2. The molecular formula is C19H22N4O2. The molecule has 6 heteroatoms. The number of hydrogen-bond acceptors (Lipinski definition) is 4. The van der Waals surface area contributed by atoms with Crippen LogP contribution in [0.1, 0.15) is 50.7 Å². The lowest BCUT2D eigenvalue weighted by atomic mass is 9.90. The highest BCUT2D eigenvalue weighted by atomic mass is 16.2. The Balaban J connectivity index is 2.21. The third kappa shape index (κ3) is 3.64. The van der Waals surface area contributed by atoms with Crippen LogP contribution in [-0.4, -0.2) is 23.4 Å². The van der Waals surface area contributed by atoms with E-state index in [0.717, 1.165) is 10.5 Å². The molecule has 2 atom stereocenters. The van der Waals surface area contributed by atoms with Crippen molar-refractivity contribution in [1.29, 1.82) is 10.5 Å². The number of carbonyl (C=O) groups is 2. The van der Waals surface area contributed by atoms with Gasteiger partial charge in [0.15, 0.2) is 0 Å². The van der Waals surface area contributed by atoms with E-state index in [2.05, 4.69) is 25.2 Å². The molecule has 0 saturated carbocycles. The molecule has 130 valence electrons. The highest BCUT2D eigenvalue weighted by Gasteiger charge is 2.49. The number of nitrogens with one attached hydrogen (secondary N) is 1. The minimum absolute atomic E-state index is 0.00249. The van der Waals surface area contributed by atoms with E-state index in [1.54, 1.807) is 6.92 Å². The predicted molar refractivity (Wildman–Crippen MR) is 92.1 cm³/mol. The first kappa shape index (κ1) is 18.5. The standard InChI is InChI=1S/C19H22N4O2/c1-13(2)15-6-8-16(9-7-15)19(3)17(24)23(18(25)22-19)12-14(11-21)5-4-10-20/h6-9,13-14H,4-5,12H2,1-3H3,(H,22,25)/t14-,19+/m0/s1. The minimum Gasteiger partial charge on any atom is -0.319 e. The van der Waals surface area contributed by atoms with Gasteiger partial charge in [0.1, 0.15) is 5.54 Å². The topological polar surface area (TPSA) is 97.0 Å². The summed E-state index contributed by atoms with van der Waals surface area (Å²) in [5.41, 5.74) is 0.729. The van der Waals surface area contributed by atoms with Crippen LogP contribution < -0.4 is 5.32 Å². The minimum atomic E-state index is -1.14. The molecule has 6 nitrogen and oxygen atoms in total. The van der Waals surface area contributed by atoms with Gasteiger partial charge in [-0.15, -0.1) is 0 Å². The Bertz CT molecular complexity index is 742. The molecule has 1 aliphatic rings. The maximum absolute atomic E-state index is 12.9. The van der Waals surface area contributed by atoms with Crippen molar-refractivity contribution in [2.75, 3.05) is 6.54 Å². The Morgan fingerprint density at radius 1 is 1.20 bits per heavy atom. The quantitative estimate of drug-likeness (QED) is 0.806. The van der Waals surface area contributed by atoms with Gasteiger partial charge >= 0.3 is 6.03 Å². The van der Waals surface area contributed by atoms with Crippen molar-refractivity contribution >= 4 is 11.9 Å². The lowest BCUT2D eigenvalue weighted by molar-refractivity contribution is -0.131. The Morgan fingerprint density at radius 3 is 2.36 bits per heavy atom. The molecule has 1 fully saturated rings. The number of imide groups is 1. The number of nitrogens with zero attached hydrogens (tertiary/aromatic N) is 3. The first-order valence-electron chi connectivity index (χ1n) is 8.34. The van der Waals surface area contributed by atoms with Crippen LogP contribution in [0.4, 0.5) is 4.79 Å². The van der Waals surface area contributed by atoms with E-state index in [1.165, 1.54) is 0 Å². The summed E-state index contributed by atoms with van der Waals surface area (Å²) in [6.45, 7) is 5.85. The summed E-state index contributed by atoms with van der Waals surface area (Å²) in [5.74, 6) is -0.532. The average molecular weight is 338 g/mol. The number of urea groups is 1. The summed E-state index contributed by atoms with van der Waals surface area (Å²) < 4.78 is 0. The smallest absolute Gasteiger partial charge is 0.319 e. The van der Waals surface area contributed by atoms with Gasteiger partial charge in [0, 0.05) is 13.0 Å². The second-order valence-electron chi connectivity index (χ2n) is 6.77. The molecule has 2 rings (SSSR count). The molecule has 0 aromatic heterocycles. The third-order valence-electron chi connectivity index (χ3n) is 4.62. The molecule has 0 unspecified atom stereocenters. The van der Waals surface area contributed by atoms with E-state index >= 15 is 0 Å². The molecular weight excluding hydrogens is 316 g/mol. The fourth-order valence-electron chi connectivity index (χ4n) is 2.92. The number of amides is 3. The highest BCUT2D eigenvalue weighted by molar-refractivity contribution is 6.07. The van der Waals surface area contributed by atoms with Crippen molar-refractivity contribution in [2.45, 2.75) is 45.1 Å². The molecule has 1 aromatic rings. The maximum Gasteiger partial charge on any atom is 0.325 e. The number of carbonyl (C=O) groups excluding carboxylic acids is 2. The molecule has 3 amide bonds. The van der Waals surface area contributed by atoms with Crippen LogP contribution in [0.25, 0.3) is 0 Å². The SMILES string of the molecule is CC(C)c1ccc([C@@]2(C)NC(=O)N(C[C@H](C#N)CCC#N)C2=O)cc1. The van der Waals surface area contributed by atoms with Gasteiger partial charge in [-0.25, -0.2) is 4.79 Å². The summed E-state index contributed by atoms with van der Waals surface area (Å²) in [6.07, 6.45) is 0.555. The van der Waals surface area contributed by atoms with Gasteiger partial charge in [-0.1, -0.05) is 38.1 Å². The van der Waals surface area contributed by atoms with Crippen molar-refractivity contribution in [3.05, 3.63) is 35.4 Å². The van der Waals surface area contributed by atoms with Crippen LogP contribution in [0.2, 0.25) is 0 Å². The van der Waals surface area contributed by atoms with Gasteiger partial charge in [0.25, 0.3) is 5.91 Å². The van der Waals surface area contributed by atoms with E-state index < -0.39 is 17.5 Å². The number of nitriles is 2. The van der Waals surface area contributed by atoms with Crippen molar-refractivity contribution < 1.29 is 9.59 Å². The zero-order chi connectivity index (χ0) is 18.6. The second-order valence-corrected chi connectivity index (χ2v) is 6.77. The lowest BCUT2D eigenvalue weighted by Gasteiger charge is -2.23. The summed E-state index contributed by atoms with van der Waals surface area (Å²) >= 11 is 0. The van der Waals surface area contributed by atoms with Gasteiger partial charge < -0.3 is 5.32 Å². The van der Waals surface area contributed by atoms with Gasteiger partial charge in [-0.2, -0.15) is 10.5 Å². The molecule has 0 bridgehead atoms. The van der Waals surface area contributed by atoms with E-state index in [1.807, 2.05) is 30.3 Å². The van der Waals surface area contributed by atoms with Gasteiger partial charge in [0.2, 0.25) is 0 Å². The maximum atomic E-state index is 12.9. The Morgan fingerprint density at radius 2 is 1.84 bits per heavy atom. The van der Waals surface area contributed by atoms with Crippen LogP contribution in [0.5, 0.6) is 0 Å². The molecule has 1 saturated heterocycles. The average Bonchev–Trinajstić information content (AvgIpc) is 2.82. The Labute approximate surface area is 148 Å². The predicted octanol–water partition coefficient (Wildman–Crippen LogP) is 3.02. The molecule has 1 aromatic carbocycles. The van der Waals surface area contributed by atoms with Crippen LogP contribution >= 0.6 is 0 Å². The van der Waals surface area contributed by atoms with Gasteiger partial charge in [-0.3, -0.25) is 9.69 Å².